The van der Waals surface area contributed by atoms with Crippen LogP contribution < -0.4 is 0 Å². The van der Waals surface area contributed by atoms with E-state index in [2.05, 4.69) is 4.98 Å². The Morgan fingerprint density at radius 2 is 1.39 bits per heavy atom. The molecule has 2 rings (SSSR count). The van der Waals surface area contributed by atoms with Crippen molar-refractivity contribution in [3.05, 3.63) is 29.8 Å². The van der Waals surface area contributed by atoms with Gasteiger partial charge in [0.2, 0.25) is 0 Å². The molecule has 1 aliphatic rings. The summed E-state index contributed by atoms with van der Waals surface area (Å²) < 4.78 is 13.3. The first kappa shape index (κ1) is 13.5. The van der Waals surface area contributed by atoms with E-state index in [0.29, 0.717) is 5.92 Å². The number of aromatic nitrogens is 1. The lowest BCUT2D eigenvalue weighted by Crippen LogP contribution is -2.01. The second-order valence-electron chi connectivity index (χ2n) is 5.54. The molecule has 0 amide bonds. The van der Waals surface area contributed by atoms with E-state index in [-0.39, 0.29) is 5.82 Å². The minimum atomic E-state index is -0.193. The summed E-state index contributed by atoms with van der Waals surface area (Å²) in [6.07, 6.45) is 16.3. The second-order valence-corrected chi connectivity index (χ2v) is 5.54. The van der Waals surface area contributed by atoms with E-state index in [1.54, 1.807) is 6.07 Å². The Morgan fingerprint density at radius 1 is 0.833 bits per heavy atom. The fourth-order valence-corrected chi connectivity index (χ4v) is 2.97. The SMILES string of the molecule is Fc1cncc(C2CCCCCCCCCC2)c1. The summed E-state index contributed by atoms with van der Waals surface area (Å²) in [5, 5.41) is 0. The van der Waals surface area contributed by atoms with Crippen LogP contribution in [0.3, 0.4) is 0 Å². The van der Waals surface area contributed by atoms with Crippen LogP contribution in [0.2, 0.25) is 0 Å². The van der Waals surface area contributed by atoms with Crippen LogP contribution in [-0.4, -0.2) is 4.98 Å². The zero-order valence-electron chi connectivity index (χ0n) is 11.2. The zero-order valence-corrected chi connectivity index (χ0v) is 11.2. The van der Waals surface area contributed by atoms with Gasteiger partial charge in [-0.3, -0.25) is 4.98 Å². The van der Waals surface area contributed by atoms with Gasteiger partial charge in [0.25, 0.3) is 0 Å². The molecule has 18 heavy (non-hydrogen) atoms. The highest BCUT2D eigenvalue weighted by Crippen LogP contribution is 2.29. The molecule has 0 atom stereocenters. The van der Waals surface area contributed by atoms with Gasteiger partial charge in [0.05, 0.1) is 6.20 Å². The third-order valence-electron chi connectivity index (χ3n) is 4.05. The van der Waals surface area contributed by atoms with Crippen molar-refractivity contribution in [1.29, 1.82) is 0 Å². The average molecular weight is 249 g/mol. The molecule has 100 valence electrons. The van der Waals surface area contributed by atoms with Crippen molar-refractivity contribution >= 4 is 0 Å². The Hall–Kier alpha value is -0.920. The molecule has 0 bridgehead atoms. The van der Waals surface area contributed by atoms with Crippen LogP contribution in [-0.2, 0) is 0 Å². The lowest BCUT2D eigenvalue weighted by atomic mass is 9.89. The van der Waals surface area contributed by atoms with Gasteiger partial charge in [0.15, 0.2) is 0 Å². The Morgan fingerprint density at radius 3 is 1.94 bits per heavy atom. The quantitative estimate of drug-likeness (QED) is 0.665. The highest BCUT2D eigenvalue weighted by atomic mass is 19.1. The van der Waals surface area contributed by atoms with Crippen LogP contribution in [0.1, 0.15) is 75.7 Å². The third-order valence-corrected chi connectivity index (χ3v) is 4.05. The smallest absolute Gasteiger partial charge is 0.141 e. The van der Waals surface area contributed by atoms with Gasteiger partial charge in [-0.15, -0.1) is 0 Å². The van der Waals surface area contributed by atoms with Crippen LogP contribution in [0.4, 0.5) is 4.39 Å². The standard InChI is InChI=1S/C16H24FN/c17-16-11-15(12-18-13-16)14-9-7-5-3-1-2-4-6-8-10-14/h11-14H,1-10H2. The number of pyridine rings is 1. The van der Waals surface area contributed by atoms with E-state index < -0.39 is 0 Å². The summed E-state index contributed by atoms with van der Waals surface area (Å²) in [6.45, 7) is 0. The van der Waals surface area contributed by atoms with E-state index in [1.807, 2.05) is 6.20 Å². The van der Waals surface area contributed by atoms with Gasteiger partial charge in [-0.2, -0.15) is 0 Å². The maximum atomic E-state index is 13.3. The first-order chi connectivity index (χ1) is 8.86. The summed E-state index contributed by atoms with van der Waals surface area (Å²) >= 11 is 0. The van der Waals surface area contributed by atoms with Gasteiger partial charge in [-0.05, 0) is 30.4 Å². The number of halogens is 1. The van der Waals surface area contributed by atoms with Crippen molar-refractivity contribution in [3.8, 4) is 0 Å². The normalized spacial score (nSPS) is 20.3. The number of nitrogens with zero attached hydrogens (tertiary/aromatic N) is 1. The zero-order chi connectivity index (χ0) is 12.6. The van der Waals surface area contributed by atoms with Crippen LogP contribution in [0, 0.1) is 5.82 Å². The molecule has 0 N–H and O–H groups in total. The molecular weight excluding hydrogens is 225 g/mol. The minimum Gasteiger partial charge on any atom is -0.261 e. The Labute approximate surface area is 110 Å². The topological polar surface area (TPSA) is 12.9 Å². The van der Waals surface area contributed by atoms with E-state index in [4.69, 9.17) is 0 Å². The number of rotatable bonds is 1. The largest absolute Gasteiger partial charge is 0.261 e. The predicted octanol–water partition coefficient (Wildman–Crippen LogP) is 5.22. The third kappa shape index (κ3) is 4.40. The van der Waals surface area contributed by atoms with E-state index in [9.17, 15) is 4.39 Å². The molecule has 1 saturated carbocycles. The second kappa shape index (κ2) is 7.50. The predicted molar refractivity (Wildman–Crippen MR) is 73.1 cm³/mol. The molecule has 0 unspecified atom stereocenters. The molecule has 1 aliphatic carbocycles. The van der Waals surface area contributed by atoms with Gasteiger partial charge in [-0.1, -0.05) is 51.4 Å². The maximum absolute atomic E-state index is 13.3. The minimum absolute atomic E-state index is 0.193. The molecule has 0 spiro atoms. The highest BCUT2D eigenvalue weighted by molar-refractivity contribution is 5.15. The molecule has 2 heteroatoms. The summed E-state index contributed by atoms with van der Waals surface area (Å²) in [6, 6.07) is 1.68. The highest BCUT2D eigenvalue weighted by Gasteiger charge is 2.13. The molecule has 0 saturated heterocycles. The van der Waals surface area contributed by atoms with E-state index in [0.717, 1.165) is 5.56 Å². The van der Waals surface area contributed by atoms with Crippen LogP contribution in [0.25, 0.3) is 0 Å². The average Bonchev–Trinajstić information content (AvgIpc) is 2.43. The van der Waals surface area contributed by atoms with Gasteiger partial charge >= 0.3 is 0 Å². The van der Waals surface area contributed by atoms with Gasteiger partial charge in [0, 0.05) is 6.20 Å². The summed E-state index contributed by atoms with van der Waals surface area (Å²) in [7, 11) is 0. The fraction of sp³-hybridized carbons (Fsp3) is 0.688. The Kier molecular flexibility index (Phi) is 5.63. The first-order valence-corrected chi connectivity index (χ1v) is 7.47. The summed E-state index contributed by atoms with van der Waals surface area (Å²) in [5.74, 6) is 0.327. The molecule has 1 nitrogen and oxygen atoms in total. The van der Waals surface area contributed by atoms with Gasteiger partial charge in [-0.25, -0.2) is 4.39 Å². The Balaban J connectivity index is 1.98. The Bertz CT molecular complexity index is 339. The maximum Gasteiger partial charge on any atom is 0.141 e. The molecule has 0 aliphatic heterocycles. The number of hydrogen-bond donors (Lipinski definition) is 0. The van der Waals surface area contributed by atoms with Crippen molar-refractivity contribution in [2.75, 3.05) is 0 Å². The van der Waals surface area contributed by atoms with Crippen LogP contribution in [0.15, 0.2) is 18.5 Å². The van der Waals surface area contributed by atoms with Crippen molar-refractivity contribution in [1.82, 2.24) is 4.98 Å². The molecule has 1 heterocycles. The fourth-order valence-electron chi connectivity index (χ4n) is 2.97. The van der Waals surface area contributed by atoms with Crippen LogP contribution >= 0.6 is 0 Å². The summed E-state index contributed by atoms with van der Waals surface area (Å²) in [4.78, 5) is 4.00. The van der Waals surface area contributed by atoms with Crippen molar-refractivity contribution < 1.29 is 4.39 Å². The lowest BCUT2D eigenvalue weighted by molar-refractivity contribution is 0.509. The molecule has 1 aromatic heterocycles. The monoisotopic (exact) mass is 249 g/mol. The van der Waals surface area contributed by atoms with Gasteiger partial charge in [0.1, 0.15) is 5.82 Å². The van der Waals surface area contributed by atoms with E-state index in [1.165, 1.54) is 70.4 Å². The lowest BCUT2D eigenvalue weighted by Gasteiger charge is -2.16. The number of hydrogen-bond acceptors (Lipinski definition) is 1. The molecule has 0 radical (unpaired) electrons. The molecule has 0 aromatic carbocycles. The first-order valence-electron chi connectivity index (χ1n) is 7.47. The van der Waals surface area contributed by atoms with Gasteiger partial charge < -0.3 is 0 Å². The molecule has 1 aromatic rings. The van der Waals surface area contributed by atoms with Crippen LogP contribution in [0.5, 0.6) is 0 Å². The van der Waals surface area contributed by atoms with Crippen molar-refractivity contribution in [2.45, 2.75) is 70.1 Å². The summed E-state index contributed by atoms with van der Waals surface area (Å²) in [5.41, 5.74) is 1.11. The molecule has 1 fully saturated rings. The van der Waals surface area contributed by atoms with Crippen molar-refractivity contribution in [3.63, 3.8) is 0 Å². The van der Waals surface area contributed by atoms with E-state index >= 15 is 0 Å². The molecular formula is C16H24FN. The van der Waals surface area contributed by atoms with Crippen molar-refractivity contribution in [2.24, 2.45) is 0 Å².